The van der Waals surface area contributed by atoms with E-state index >= 15 is 0 Å². The molecule has 0 aliphatic heterocycles. The fourth-order valence-corrected chi connectivity index (χ4v) is 1.66. The highest BCUT2D eigenvalue weighted by atomic mass is 16.5. The van der Waals surface area contributed by atoms with Crippen molar-refractivity contribution in [2.75, 3.05) is 25.6 Å². The van der Waals surface area contributed by atoms with Gasteiger partial charge in [-0.25, -0.2) is 9.59 Å². The van der Waals surface area contributed by atoms with E-state index in [0.717, 1.165) is 5.56 Å². The fourth-order valence-electron chi connectivity index (χ4n) is 1.66. The van der Waals surface area contributed by atoms with Gasteiger partial charge in [0, 0.05) is 12.2 Å². The van der Waals surface area contributed by atoms with Crippen LogP contribution in [0.25, 0.3) is 0 Å². The number of nitrogens with two attached hydrogens (primary N) is 1. The number of benzene rings is 1. The number of rotatable bonds is 6. The van der Waals surface area contributed by atoms with Crippen LogP contribution in [0.1, 0.15) is 12.5 Å². The summed E-state index contributed by atoms with van der Waals surface area (Å²) >= 11 is 0. The number of carbonyl (C=O) groups excluding carboxylic acids is 3. The van der Waals surface area contributed by atoms with Crippen molar-refractivity contribution in [3.05, 3.63) is 29.8 Å². The van der Waals surface area contributed by atoms with Crippen LogP contribution < -0.4 is 11.1 Å². The second-order valence-corrected chi connectivity index (χ2v) is 4.31. The molecule has 0 unspecified atom stereocenters. The third-order valence-electron chi connectivity index (χ3n) is 2.70. The fraction of sp³-hybridized carbons (Fsp3) is 0.357. The second-order valence-electron chi connectivity index (χ2n) is 4.31. The van der Waals surface area contributed by atoms with Gasteiger partial charge in [-0.3, -0.25) is 10.1 Å². The van der Waals surface area contributed by atoms with E-state index in [1.165, 1.54) is 12.0 Å². The molecule has 0 bridgehead atoms. The van der Waals surface area contributed by atoms with Gasteiger partial charge >= 0.3 is 18.1 Å². The second kappa shape index (κ2) is 8.50. The Morgan fingerprint density at radius 2 is 1.86 bits per heavy atom. The molecule has 0 aliphatic carbocycles. The molecule has 3 N–H and O–H groups in total. The molecule has 22 heavy (non-hydrogen) atoms. The number of ether oxygens (including phenoxy) is 2. The third-order valence-corrected chi connectivity index (χ3v) is 2.70. The van der Waals surface area contributed by atoms with Crippen LogP contribution in [0, 0.1) is 0 Å². The molecule has 1 aromatic carbocycles. The number of primary amides is 1. The molecule has 0 heterocycles. The Balaban J connectivity index is 2.67. The number of hydrogen-bond acceptors (Lipinski definition) is 5. The van der Waals surface area contributed by atoms with Crippen LogP contribution in [0.2, 0.25) is 0 Å². The molecule has 0 aromatic heterocycles. The molecule has 1 aromatic rings. The Hall–Kier alpha value is -2.77. The van der Waals surface area contributed by atoms with Gasteiger partial charge in [-0.1, -0.05) is 12.1 Å². The molecule has 0 saturated heterocycles. The largest absolute Gasteiger partial charge is 0.465 e. The third kappa shape index (κ3) is 5.70. The average molecular weight is 309 g/mol. The minimum atomic E-state index is -0.718. The van der Waals surface area contributed by atoms with Crippen molar-refractivity contribution in [2.24, 2.45) is 5.73 Å². The summed E-state index contributed by atoms with van der Waals surface area (Å²) in [4.78, 5) is 35.0. The number of urea groups is 1. The lowest BCUT2D eigenvalue weighted by Crippen LogP contribution is -2.39. The van der Waals surface area contributed by atoms with E-state index in [2.05, 4.69) is 10.1 Å². The Kier molecular flexibility index (Phi) is 6.68. The Labute approximate surface area is 128 Å². The maximum absolute atomic E-state index is 11.4. The first-order valence-electron chi connectivity index (χ1n) is 6.60. The SMILES string of the molecule is CCOC(=O)CN(Cc1ccc(NC(=O)OC)cc1)C(N)=O. The van der Waals surface area contributed by atoms with Crippen LogP contribution in [0.3, 0.4) is 0 Å². The number of anilines is 1. The molecular formula is C14H19N3O5. The van der Waals surface area contributed by atoms with Crippen LogP contribution in [0.15, 0.2) is 24.3 Å². The van der Waals surface area contributed by atoms with E-state index in [9.17, 15) is 14.4 Å². The molecular weight excluding hydrogens is 290 g/mol. The van der Waals surface area contributed by atoms with Gasteiger partial charge in [-0.05, 0) is 24.6 Å². The van der Waals surface area contributed by atoms with E-state index in [4.69, 9.17) is 10.5 Å². The predicted molar refractivity (Wildman–Crippen MR) is 79.1 cm³/mol. The highest BCUT2D eigenvalue weighted by Crippen LogP contribution is 2.12. The number of nitrogens with zero attached hydrogens (tertiary/aromatic N) is 1. The van der Waals surface area contributed by atoms with Crippen molar-refractivity contribution in [1.29, 1.82) is 0 Å². The summed E-state index contributed by atoms with van der Waals surface area (Å²) in [5, 5.41) is 2.50. The van der Waals surface area contributed by atoms with Gasteiger partial charge in [-0.15, -0.1) is 0 Å². The summed E-state index contributed by atoms with van der Waals surface area (Å²) in [6.45, 7) is 1.86. The van der Waals surface area contributed by atoms with Crippen LogP contribution in [0.4, 0.5) is 15.3 Å². The lowest BCUT2D eigenvalue weighted by atomic mass is 10.2. The molecule has 3 amide bonds. The van der Waals surface area contributed by atoms with Crippen molar-refractivity contribution in [2.45, 2.75) is 13.5 Å². The van der Waals surface area contributed by atoms with Gasteiger partial charge in [-0.2, -0.15) is 0 Å². The molecule has 0 radical (unpaired) electrons. The van der Waals surface area contributed by atoms with Gasteiger partial charge in [0.25, 0.3) is 0 Å². The zero-order valence-corrected chi connectivity index (χ0v) is 12.5. The van der Waals surface area contributed by atoms with E-state index in [1.807, 2.05) is 0 Å². The molecule has 0 fully saturated rings. The minimum Gasteiger partial charge on any atom is -0.465 e. The van der Waals surface area contributed by atoms with Gasteiger partial charge in [0.05, 0.1) is 13.7 Å². The summed E-state index contributed by atoms with van der Waals surface area (Å²) in [5.74, 6) is -0.523. The zero-order chi connectivity index (χ0) is 16.5. The van der Waals surface area contributed by atoms with E-state index in [0.29, 0.717) is 5.69 Å². The van der Waals surface area contributed by atoms with Gasteiger partial charge in [0.15, 0.2) is 0 Å². The smallest absolute Gasteiger partial charge is 0.411 e. The highest BCUT2D eigenvalue weighted by molar-refractivity contribution is 5.84. The summed E-state index contributed by atoms with van der Waals surface area (Å²) < 4.78 is 9.26. The molecule has 120 valence electrons. The first-order chi connectivity index (χ1) is 10.5. The summed E-state index contributed by atoms with van der Waals surface area (Å²) in [7, 11) is 1.27. The maximum atomic E-state index is 11.4. The van der Waals surface area contributed by atoms with E-state index < -0.39 is 18.1 Å². The molecule has 1 rings (SSSR count). The van der Waals surface area contributed by atoms with Gasteiger partial charge in [0.2, 0.25) is 0 Å². The molecule has 0 aliphatic rings. The van der Waals surface area contributed by atoms with Crippen molar-refractivity contribution in [3.63, 3.8) is 0 Å². The number of carbonyl (C=O) groups is 3. The zero-order valence-electron chi connectivity index (χ0n) is 12.5. The molecule has 8 heteroatoms. The summed E-state index contributed by atoms with van der Waals surface area (Å²) in [6.07, 6.45) is -0.575. The van der Waals surface area contributed by atoms with Crippen LogP contribution in [-0.4, -0.2) is 43.3 Å². The van der Waals surface area contributed by atoms with E-state index in [1.54, 1.807) is 31.2 Å². The highest BCUT2D eigenvalue weighted by Gasteiger charge is 2.15. The van der Waals surface area contributed by atoms with Crippen molar-refractivity contribution in [3.8, 4) is 0 Å². The summed E-state index contributed by atoms with van der Waals surface area (Å²) in [5.41, 5.74) is 6.54. The Morgan fingerprint density at radius 1 is 1.23 bits per heavy atom. The maximum Gasteiger partial charge on any atom is 0.411 e. The van der Waals surface area contributed by atoms with Gasteiger partial charge < -0.3 is 20.1 Å². The van der Waals surface area contributed by atoms with E-state index in [-0.39, 0.29) is 19.7 Å². The van der Waals surface area contributed by atoms with Crippen LogP contribution >= 0.6 is 0 Å². The van der Waals surface area contributed by atoms with Crippen LogP contribution in [0.5, 0.6) is 0 Å². The molecule has 0 saturated carbocycles. The number of esters is 1. The summed E-state index contributed by atoms with van der Waals surface area (Å²) in [6, 6.07) is 5.98. The molecule has 0 atom stereocenters. The number of amides is 3. The Bertz CT molecular complexity index is 530. The topological polar surface area (TPSA) is 111 Å². The van der Waals surface area contributed by atoms with Crippen LogP contribution in [-0.2, 0) is 20.8 Å². The number of nitrogens with one attached hydrogen (secondary N) is 1. The normalized spacial score (nSPS) is 9.73. The first kappa shape index (κ1) is 17.3. The lowest BCUT2D eigenvalue weighted by molar-refractivity contribution is -0.143. The first-order valence-corrected chi connectivity index (χ1v) is 6.60. The monoisotopic (exact) mass is 309 g/mol. The number of hydrogen-bond donors (Lipinski definition) is 2. The predicted octanol–water partition coefficient (Wildman–Crippen LogP) is 1.31. The average Bonchev–Trinajstić information content (AvgIpc) is 2.48. The Morgan fingerprint density at radius 3 is 2.36 bits per heavy atom. The molecule has 0 spiro atoms. The number of methoxy groups -OCH3 is 1. The minimum absolute atomic E-state index is 0.159. The quantitative estimate of drug-likeness (QED) is 0.770. The van der Waals surface area contributed by atoms with Crippen molar-refractivity contribution in [1.82, 2.24) is 4.90 Å². The molecule has 8 nitrogen and oxygen atoms in total. The van der Waals surface area contributed by atoms with Crippen molar-refractivity contribution < 1.29 is 23.9 Å². The van der Waals surface area contributed by atoms with Crippen molar-refractivity contribution >= 4 is 23.8 Å². The lowest BCUT2D eigenvalue weighted by Gasteiger charge is -2.19. The standard InChI is InChI=1S/C14H19N3O5/c1-3-22-12(18)9-17(13(15)19)8-10-4-6-11(7-5-10)16-14(20)21-2/h4-7H,3,8-9H2,1-2H3,(H2,15,19)(H,16,20). The van der Waals surface area contributed by atoms with Gasteiger partial charge in [0.1, 0.15) is 6.54 Å².